The summed E-state index contributed by atoms with van der Waals surface area (Å²) in [6.07, 6.45) is 2.68. The molecule has 0 aliphatic rings. The number of nitrogens with zero attached hydrogens (tertiary/aromatic N) is 4. The molecule has 116 valence electrons. The highest BCUT2D eigenvalue weighted by Crippen LogP contribution is 2.09. The van der Waals surface area contributed by atoms with E-state index in [1.54, 1.807) is 36.4 Å². The highest BCUT2D eigenvalue weighted by Gasteiger charge is 1.99. The van der Waals surface area contributed by atoms with Crippen molar-refractivity contribution in [3.63, 3.8) is 0 Å². The van der Waals surface area contributed by atoms with Crippen molar-refractivity contribution in [2.75, 3.05) is 13.2 Å². The lowest BCUT2D eigenvalue weighted by molar-refractivity contribution is 0.269. The number of nitriles is 2. The molecular formula is C17H16N4O2. The minimum absolute atomic E-state index is 0.350. The van der Waals surface area contributed by atoms with Crippen LogP contribution < -0.4 is 9.47 Å². The van der Waals surface area contributed by atoms with Gasteiger partial charge in [0, 0.05) is 12.1 Å². The Balaban J connectivity index is 1.59. The summed E-state index contributed by atoms with van der Waals surface area (Å²) in [5, 5.41) is 17.5. The zero-order valence-electron chi connectivity index (χ0n) is 12.6. The Bertz CT molecular complexity index is 658. The number of unbranched alkanes of at least 4 members (excludes halogenated alkanes) is 2. The van der Waals surface area contributed by atoms with Gasteiger partial charge in [0.15, 0.2) is 0 Å². The van der Waals surface area contributed by atoms with Crippen LogP contribution in [0.4, 0.5) is 0 Å². The van der Waals surface area contributed by atoms with E-state index in [4.69, 9.17) is 20.0 Å². The Hall–Kier alpha value is -3.12. The van der Waals surface area contributed by atoms with Crippen LogP contribution in [0.15, 0.2) is 36.4 Å². The van der Waals surface area contributed by atoms with Gasteiger partial charge in [0.2, 0.25) is 11.8 Å². The van der Waals surface area contributed by atoms with Crippen LogP contribution in [0.5, 0.6) is 11.8 Å². The monoisotopic (exact) mass is 308 g/mol. The van der Waals surface area contributed by atoms with E-state index in [1.165, 1.54) is 0 Å². The van der Waals surface area contributed by atoms with Gasteiger partial charge in [-0.3, -0.25) is 0 Å². The third-order valence-corrected chi connectivity index (χ3v) is 2.96. The zero-order valence-corrected chi connectivity index (χ0v) is 12.6. The van der Waals surface area contributed by atoms with Gasteiger partial charge in [0.1, 0.15) is 23.5 Å². The maximum absolute atomic E-state index is 8.75. The molecule has 6 heteroatoms. The van der Waals surface area contributed by atoms with Crippen LogP contribution in [0, 0.1) is 22.7 Å². The molecular weight excluding hydrogens is 292 g/mol. The maximum Gasteiger partial charge on any atom is 0.214 e. The number of pyridine rings is 2. The third kappa shape index (κ3) is 5.64. The molecule has 0 bridgehead atoms. The zero-order chi connectivity index (χ0) is 16.3. The van der Waals surface area contributed by atoms with Gasteiger partial charge < -0.3 is 9.47 Å². The normalized spacial score (nSPS) is 9.65. The summed E-state index contributed by atoms with van der Waals surface area (Å²) in [6, 6.07) is 14.2. The molecule has 0 fully saturated rings. The summed E-state index contributed by atoms with van der Waals surface area (Å²) in [7, 11) is 0. The first-order valence-electron chi connectivity index (χ1n) is 7.32. The molecule has 23 heavy (non-hydrogen) atoms. The molecule has 0 N–H and O–H groups in total. The Morgan fingerprint density at radius 3 is 1.65 bits per heavy atom. The lowest BCUT2D eigenvalue weighted by Gasteiger charge is -2.06. The Morgan fingerprint density at radius 2 is 1.22 bits per heavy atom. The van der Waals surface area contributed by atoms with Crippen LogP contribution >= 0.6 is 0 Å². The minimum Gasteiger partial charge on any atom is -0.478 e. The first-order valence-corrected chi connectivity index (χ1v) is 7.32. The van der Waals surface area contributed by atoms with Crippen molar-refractivity contribution in [1.29, 1.82) is 10.5 Å². The van der Waals surface area contributed by atoms with Crippen LogP contribution in [-0.2, 0) is 0 Å². The summed E-state index contributed by atoms with van der Waals surface area (Å²) in [5.74, 6) is 0.940. The molecule has 6 nitrogen and oxygen atoms in total. The molecule has 0 radical (unpaired) electrons. The van der Waals surface area contributed by atoms with Crippen molar-refractivity contribution in [1.82, 2.24) is 9.97 Å². The van der Waals surface area contributed by atoms with E-state index in [2.05, 4.69) is 9.97 Å². The van der Waals surface area contributed by atoms with Crippen LogP contribution in [-0.4, -0.2) is 23.2 Å². The molecule has 2 aromatic heterocycles. The van der Waals surface area contributed by atoms with E-state index >= 15 is 0 Å². The van der Waals surface area contributed by atoms with Crippen LogP contribution in [0.25, 0.3) is 0 Å². The quantitative estimate of drug-likeness (QED) is 0.696. The first-order chi connectivity index (χ1) is 11.3. The van der Waals surface area contributed by atoms with Crippen molar-refractivity contribution >= 4 is 0 Å². The van der Waals surface area contributed by atoms with Crippen molar-refractivity contribution in [2.24, 2.45) is 0 Å². The number of ether oxygens (including phenoxy) is 2. The Kier molecular flexibility index (Phi) is 6.37. The van der Waals surface area contributed by atoms with E-state index in [0.717, 1.165) is 19.3 Å². The number of hydrogen-bond acceptors (Lipinski definition) is 6. The molecule has 2 heterocycles. The van der Waals surface area contributed by atoms with E-state index in [9.17, 15) is 0 Å². The molecule has 2 rings (SSSR count). The van der Waals surface area contributed by atoms with Gasteiger partial charge in [-0.15, -0.1) is 0 Å². The molecule has 2 aromatic rings. The predicted octanol–water partition coefficient (Wildman–Crippen LogP) is 2.85. The fraction of sp³-hybridized carbons (Fsp3) is 0.294. The Labute approximate surface area is 134 Å². The molecule has 0 spiro atoms. The molecule has 0 unspecified atom stereocenters. The second kappa shape index (κ2) is 9.01. The van der Waals surface area contributed by atoms with Gasteiger partial charge in [-0.2, -0.15) is 10.5 Å². The van der Waals surface area contributed by atoms with Gasteiger partial charge in [-0.25, -0.2) is 9.97 Å². The molecule has 0 aliphatic carbocycles. The van der Waals surface area contributed by atoms with Crippen molar-refractivity contribution < 1.29 is 9.47 Å². The topological polar surface area (TPSA) is 91.8 Å². The summed E-state index contributed by atoms with van der Waals surface area (Å²) in [4.78, 5) is 8.08. The summed E-state index contributed by atoms with van der Waals surface area (Å²) in [5.41, 5.74) is 0.700. The smallest absolute Gasteiger partial charge is 0.214 e. The average molecular weight is 308 g/mol. The minimum atomic E-state index is 0.350. The molecule has 0 atom stereocenters. The molecule has 0 aliphatic heterocycles. The highest BCUT2D eigenvalue weighted by atomic mass is 16.5. The largest absolute Gasteiger partial charge is 0.478 e. The van der Waals surface area contributed by atoms with Gasteiger partial charge in [-0.05, 0) is 31.4 Å². The second-order valence-electron chi connectivity index (χ2n) is 4.70. The van der Waals surface area contributed by atoms with E-state index in [1.807, 2.05) is 12.1 Å². The first kappa shape index (κ1) is 16.3. The molecule has 0 saturated carbocycles. The molecule has 0 saturated heterocycles. The van der Waals surface area contributed by atoms with Crippen LogP contribution in [0.3, 0.4) is 0 Å². The summed E-state index contributed by atoms with van der Waals surface area (Å²) >= 11 is 0. The van der Waals surface area contributed by atoms with Gasteiger partial charge in [0.05, 0.1) is 13.2 Å². The number of aromatic nitrogens is 2. The SMILES string of the molecule is N#Cc1cccc(OCCCCCOc2cccc(C#N)n2)n1. The molecule has 0 aromatic carbocycles. The van der Waals surface area contributed by atoms with E-state index in [-0.39, 0.29) is 0 Å². The van der Waals surface area contributed by atoms with E-state index < -0.39 is 0 Å². The van der Waals surface area contributed by atoms with Crippen LogP contribution in [0.1, 0.15) is 30.7 Å². The summed E-state index contributed by atoms with van der Waals surface area (Å²) in [6.45, 7) is 1.09. The fourth-order valence-electron chi connectivity index (χ4n) is 1.85. The number of rotatable bonds is 8. The predicted molar refractivity (Wildman–Crippen MR) is 82.7 cm³/mol. The summed E-state index contributed by atoms with van der Waals surface area (Å²) < 4.78 is 11.0. The number of hydrogen-bond donors (Lipinski definition) is 0. The lowest BCUT2D eigenvalue weighted by Crippen LogP contribution is -2.03. The van der Waals surface area contributed by atoms with E-state index in [0.29, 0.717) is 36.4 Å². The second-order valence-corrected chi connectivity index (χ2v) is 4.70. The molecule has 0 amide bonds. The standard InChI is InChI=1S/C17H16N4O2/c18-12-14-6-4-8-16(20-14)22-10-2-1-3-11-23-17-9-5-7-15(13-19)21-17/h4-9H,1-3,10-11H2. The van der Waals surface area contributed by atoms with Crippen molar-refractivity contribution in [2.45, 2.75) is 19.3 Å². The van der Waals surface area contributed by atoms with Crippen LogP contribution in [0.2, 0.25) is 0 Å². The van der Waals surface area contributed by atoms with Gasteiger partial charge in [0.25, 0.3) is 0 Å². The highest BCUT2D eigenvalue weighted by molar-refractivity contribution is 5.25. The lowest BCUT2D eigenvalue weighted by atomic mass is 10.2. The van der Waals surface area contributed by atoms with Crippen molar-refractivity contribution in [3.8, 4) is 23.9 Å². The van der Waals surface area contributed by atoms with Gasteiger partial charge >= 0.3 is 0 Å². The van der Waals surface area contributed by atoms with Gasteiger partial charge in [-0.1, -0.05) is 12.1 Å². The van der Waals surface area contributed by atoms with Crippen molar-refractivity contribution in [3.05, 3.63) is 47.8 Å². The third-order valence-electron chi connectivity index (χ3n) is 2.96. The average Bonchev–Trinajstić information content (AvgIpc) is 2.61. The maximum atomic E-state index is 8.75. The fourth-order valence-corrected chi connectivity index (χ4v) is 1.85. The Morgan fingerprint density at radius 1 is 0.739 bits per heavy atom.